The van der Waals surface area contributed by atoms with Gasteiger partial charge in [0.25, 0.3) is 0 Å². The number of thioether (sulfide) groups is 1. The van der Waals surface area contributed by atoms with Gasteiger partial charge < -0.3 is 10.1 Å². The number of aromatic nitrogens is 2. The van der Waals surface area contributed by atoms with Crippen molar-refractivity contribution in [2.45, 2.75) is 10.9 Å². The molecule has 0 spiro atoms. The third kappa shape index (κ3) is 3.94. The summed E-state index contributed by atoms with van der Waals surface area (Å²) in [7, 11) is 3.53. The molecule has 1 aromatic carbocycles. The summed E-state index contributed by atoms with van der Waals surface area (Å²) in [5.41, 5.74) is 0.835. The average molecular weight is 354 g/mol. The molecule has 20 heavy (non-hydrogen) atoms. The summed E-state index contributed by atoms with van der Waals surface area (Å²) in [6.07, 6.45) is 3.32. The van der Waals surface area contributed by atoms with Crippen molar-refractivity contribution in [3.63, 3.8) is 0 Å². The lowest BCUT2D eigenvalue weighted by Gasteiger charge is -2.16. The monoisotopic (exact) mass is 353 g/mol. The highest BCUT2D eigenvalue weighted by atomic mass is 79.9. The fourth-order valence-corrected chi connectivity index (χ4v) is 3.02. The molecule has 0 saturated heterocycles. The van der Waals surface area contributed by atoms with Gasteiger partial charge in [0.05, 0.1) is 13.2 Å². The standard InChI is InChI=1S/C14H16BrN3OS/c1-16-12(13-14(19-2)18-8-7-17-13)9-20-11-5-3-10(15)4-6-11/h3-8,12,16H,9H2,1-2H3. The van der Waals surface area contributed by atoms with Crippen molar-refractivity contribution in [3.05, 3.63) is 46.8 Å². The Kier molecular flexibility index (Phi) is 5.82. The van der Waals surface area contributed by atoms with E-state index in [9.17, 15) is 0 Å². The van der Waals surface area contributed by atoms with Gasteiger partial charge in [0.1, 0.15) is 5.69 Å². The molecule has 2 aromatic rings. The van der Waals surface area contributed by atoms with Crippen LogP contribution in [0.4, 0.5) is 0 Å². The van der Waals surface area contributed by atoms with E-state index in [4.69, 9.17) is 4.74 Å². The van der Waals surface area contributed by atoms with Gasteiger partial charge in [-0.3, -0.25) is 4.98 Å². The van der Waals surface area contributed by atoms with Gasteiger partial charge in [0.15, 0.2) is 0 Å². The molecule has 0 bridgehead atoms. The smallest absolute Gasteiger partial charge is 0.237 e. The molecule has 6 heteroatoms. The summed E-state index contributed by atoms with van der Waals surface area (Å²) in [4.78, 5) is 9.79. The number of rotatable bonds is 6. The number of ether oxygens (including phenoxy) is 1. The molecule has 0 fully saturated rings. The number of nitrogens with one attached hydrogen (secondary N) is 1. The van der Waals surface area contributed by atoms with E-state index in [-0.39, 0.29) is 6.04 Å². The molecule has 1 unspecified atom stereocenters. The SMILES string of the molecule is CNC(CSc1ccc(Br)cc1)c1nccnc1OC. The number of methoxy groups -OCH3 is 1. The van der Waals surface area contributed by atoms with Gasteiger partial charge in [-0.25, -0.2) is 4.98 Å². The van der Waals surface area contributed by atoms with Gasteiger partial charge in [0.2, 0.25) is 5.88 Å². The first-order valence-corrected chi connectivity index (χ1v) is 7.93. The topological polar surface area (TPSA) is 47.0 Å². The maximum Gasteiger partial charge on any atom is 0.237 e. The van der Waals surface area contributed by atoms with Gasteiger partial charge >= 0.3 is 0 Å². The molecule has 0 amide bonds. The van der Waals surface area contributed by atoms with Crippen molar-refractivity contribution < 1.29 is 4.74 Å². The van der Waals surface area contributed by atoms with E-state index in [0.717, 1.165) is 15.9 Å². The van der Waals surface area contributed by atoms with E-state index < -0.39 is 0 Å². The number of halogens is 1. The first-order chi connectivity index (χ1) is 9.74. The normalized spacial score (nSPS) is 12.2. The second-order valence-electron chi connectivity index (χ2n) is 4.06. The lowest BCUT2D eigenvalue weighted by Crippen LogP contribution is -2.21. The van der Waals surface area contributed by atoms with Gasteiger partial charge in [-0.15, -0.1) is 11.8 Å². The molecule has 1 N–H and O–H groups in total. The summed E-state index contributed by atoms with van der Waals surface area (Å²) < 4.78 is 6.35. The van der Waals surface area contributed by atoms with Crippen LogP contribution in [0.25, 0.3) is 0 Å². The highest BCUT2D eigenvalue weighted by Gasteiger charge is 2.17. The van der Waals surface area contributed by atoms with Crippen molar-refractivity contribution in [1.29, 1.82) is 0 Å². The van der Waals surface area contributed by atoms with Gasteiger partial charge in [0, 0.05) is 27.5 Å². The number of hydrogen-bond donors (Lipinski definition) is 1. The van der Waals surface area contributed by atoms with Crippen LogP contribution in [0.1, 0.15) is 11.7 Å². The number of benzene rings is 1. The van der Waals surface area contributed by atoms with Crippen LogP contribution in [-0.2, 0) is 0 Å². The predicted octanol–water partition coefficient (Wildman–Crippen LogP) is 3.30. The van der Waals surface area contributed by atoms with Crippen LogP contribution >= 0.6 is 27.7 Å². The lowest BCUT2D eigenvalue weighted by molar-refractivity contribution is 0.383. The van der Waals surface area contributed by atoms with Crippen molar-refractivity contribution in [2.24, 2.45) is 0 Å². The molecule has 0 aliphatic carbocycles. The highest BCUT2D eigenvalue weighted by molar-refractivity contribution is 9.10. The number of nitrogens with zero attached hydrogens (tertiary/aromatic N) is 2. The van der Waals surface area contributed by atoms with Crippen LogP contribution < -0.4 is 10.1 Å². The van der Waals surface area contributed by atoms with Crippen molar-refractivity contribution >= 4 is 27.7 Å². The lowest BCUT2D eigenvalue weighted by atomic mass is 10.2. The molecule has 0 aliphatic heterocycles. The first kappa shape index (κ1) is 15.3. The molecule has 106 valence electrons. The molecule has 0 aliphatic rings. The molecule has 1 aromatic heterocycles. The zero-order chi connectivity index (χ0) is 14.4. The number of hydrogen-bond acceptors (Lipinski definition) is 5. The van der Waals surface area contributed by atoms with Crippen LogP contribution in [0.2, 0.25) is 0 Å². The zero-order valence-electron chi connectivity index (χ0n) is 11.3. The Morgan fingerprint density at radius 3 is 2.60 bits per heavy atom. The van der Waals surface area contributed by atoms with E-state index in [1.54, 1.807) is 31.3 Å². The van der Waals surface area contributed by atoms with E-state index in [1.165, 1.54) is 4.90 Å². The molecule has 0 saturated carbocycles. The molecule has 1 heterocycles. The van der Waals surface area contributed by atoms with Gasteiger partial charge in [-0.1, -0.05) is 15.9 Å². The van der Waals surface area contributed by atoms with Crippen molar-refractivity contribution in [3.8, 4) is 5.88 Å². The summed E-state index contributed by atoms with van der Waals surface area (Å²) in [6, 6.07) is 8.36. The van der Waals surface area contributed by atoms with Crippen LogP contribution in [0.3, 0.4) is 0 Å². The Labute approximate surface area is 131 Å². The van der Waals surface area contributed by atoms with Crippen LogP contribution in [0.5, 0.6) is 5.88 Å². The highest BCUT2D eigenvalue weighted by Crippen LogP contribution is 2.27. The average Bonchev–Trinajstić information content (AvgIpc) is 2.50. The fraction of sp³-hybridized carbons (Fsp3) is 0.286. The molecule has 4 nitrogen and oxygen atoms in total. The third-order valence-electron chi connectivity index (χ3n) is 2.79. The second kappa shape index (κ2) is 7.61. The summed E-state index contributed by atoms with van der Waals surface area (Å²) in [5.74, 6) is 1.43. The van der Waals surface area contributed by atoms with E-state index in [1.807, 2.05) is 19.2 Å². The minimum absolute atomic E-state index is 0.0901. The fourth-order valence-electron chi connectivity index (χ4n) is 1.74. The van der Waals surface area contributed by atoms with E-state index in [2.05, 4.69) is 43.3 Å². The molecular formula is C14H16BrN3OS. The first-order valence-electron chi connectivity index (χ1n) is 6.15. The van der Waals surface area contributed by atoms with Crippen LogP contribution in [0, 0.1) is 0 Å². The molecule has 0 radical (unpaired) electrons. The maximum absolute atomic E-state index is 5.27. The summed E-state index contributed by atoms with van der Waals surface area (Å²) in [6.45, 7) is 0. The third-order valence-corrected chi connectivity index (χ3v) is 4.43. The van der Waals surface area contributed by atoms with Crippen LogP contribution in [-0.4, -0.2) is 29.9 Å². The zero-order valence-corrected chi connectivity index (χ0v) is 13.7. The minimum Gasteiger partial charge on any atom is -0.480 e. The Balaban J connectivity index is 2.07. The predicted molar refractivity (Wildman–Crippen MR) is 85.3 cm³/mol. The molecule has 2 rings (SSSR count). The van der Waals surface area contributed by atoms with E-state index >= 15 is 0 Å². The minimum atomic E-state index is 0.0901. The van der Waals surface area contributed by atoms with Crippen LogP contribution in [0.15, 0.2) is 46.0 Å². The van der Waals surface area contributed by atoms with Gasteiger partial charge in [-0.2, -0.15) is 0 Å². The van der Waals surface area contributed by atoms with Crippen molar-refractivity contribution in [1.82, 2.24) is 15.3 Å². The Bertz CT molecular complexity index is 550. The Morgan fingerprint density at radius 2 is 1.95 bits per heavy atom. The quantitative estimate of drug-likeness (QED) is 0.807. The van der Waals surface area contributed by atoms with Crippen molar-refractivity contribution in [2.75, 3.05) is 19.9 Å². The van der Waals surface area contributed by atoms with Gasteiger partial charge in [-0.05, 0) is 31.3 Å². The summed E-state index contributed by atoms with van der Waals surface area (Å²) >= 11 is 5.21. The Morgan fingerprint density at radius 1 is 1.25 bits per heavy atom. The summed E-state index contributed by atoms with van der Waals surface area (Å²) in [5, 5.41) is 3.26. The largest absolute Gasteiger partial charge is 0.480 e. The Hall–Kier alpha value is -1.11. The maximum atomic E-state index is 5.27. The van der Waals surface area contributed by atoms with E-state index in [0.29, 0.717) is 5.88 Å². The molecule has 1 atom stereocenters. The molecular weight excluding hydrogens is 338 g/mol. The second-order valence-corrected chi connectivity index (χ2v) is 6.07.